The zero-order valence-electron chi connectivity index (χ0n) is 12.3. The van der Waals surface area contributed by atoms with Crippen molar-refractivity contribution in [2.45, 2.75) is 52.1 Å². The Labute approximate surface area is 112 Å². The van der Waals surface area contributed by atoms with E-state index in [1.165, 1.54) is 31.7 Å². The highest BCUT2D eigenvalue weighted by atomic mass is 32.2. The lowest BCUT2D eigenvalue weighted by molar-refractivity contribution is 0.0789. The predicted octanol–water partition coefficient (Wildman–Crippen LogP) is 2.84. The molecule has 102 valence electrons. The summed E-state index contributed by atoms with van der Waals surface area (Å²) in [6.07, 6.45) is 4.75. The van der Waals surface area contributed by atoms with E-state index in [1.807, 2.05) is 11.8 Å². The first-order valence-electron chi connectivity index (χ1n) is 6.98. The third-order valence-electron chi connectivity index (χ3n) is 3.94. The number of nitrogens with zero attached hydrogens (tertiary/aromatic N) is 1. The lowest BCUT2D eigenvalue weighted by Gasteiger charge is -2.46. The molecule has 0 aliphatic carbocycles. The van der Waals surface area contributed by atoms with Gasteiger partial charge < -0.3 is 5.32 Å². The van der Waals surface area contributed by atoms with Crippen LogP contribution in [0.3, 0.4) is 0 Å². The molecule has 2 atom stereocenters. The number of nitrogens with one attached hydrogen (secondary N) is 1. The van der Waals surface area contributed by atoms with Crippen molar-refractivity contribution in [1.82, 2.24) is 10.2 Å². The second kappa shape index (κ2) is 7.01. The minimum atomic E-state index is 0.325. The van der Waals surface area contributed by atoms with Gasteiger partial charge in [-0.15, -0.1) is 0 Å². The van der Waals surface area contributed by atoms with Gasteiger partial charge in [-0.2, -0.15) is 11.8 Å². The molecule has 1 N–H and O–H groups in total. The monoisotopic (exact) mass is 258 g/mol. The fourth-order valence-electron chi connectivity index (χ4n) is 2.61. The molecule has 0 radical (unpaired) electrons. The maximum Gasteiger partial charge on any atom is 0.0278 e. The van der Waals surface area contributed by atoms with E-state index in [4.69, 9.17) is 0 Å². The summed E-state index contributed by atoms with van der Waals surface area (Å²) in [6, 6.07) is 0.738. The summed E-state index contributed by atoms with van der Waals surface area (Å²) in [4.78, 5) is 2.72. The zero-order valence-corrected chi connectivity index (χ0v) is 13.1. The van der Waals surface area contributed by atoms with Crippen LogP contribution < -0.4 is 5.32 Å². The van der Waals surface area contributed by atoms with Crippen molar-refractivity contribution >= 4 is 11.8 Å². The minimum Gasteiger partial charge on any atom is -0.309 e. The molecule has 0 aromatic heterocycles. The van der Waals surface area contributed by atoms with Gasteiger partial charge >= 0.3 is 0 Å². The van der Waals surface area contributed by atoms with Gasteiger partial charge in [0, 0.05) is 37.0 Å². The van der Waals surface area contributed by atoms with E-state index >= 15 is 0 Å². The molecule has 17 heavy (non-hydrogen) atoms. The standard InChI is InChI=1S/C14H30N2S/c1-6-14(4)11-16(7-8-17-5)13(10-15-14)9-12(2)3/h12-13,15H,6-11H2,1-5H3. The van der Waals surface area contributed by atoms with Gasteiger partial charge in [-0.1, -0.05) is 20.8 Å². The van der Waals surface area contributed by atoms with Crippen molar-refractivity contribution in [2.75, 3.05) is 31.6 Å². The molecular formula is C14H30N2S. The molecule has 3 heteroatoms. The van der Waals surface area contributed by atoms with Gasteiger partial charge in [0.1, 0.15) is 0 Å². The molecule has 0 aromatic rings. The van der Waals surface area contributed by atoms with Crippen molar-refractivity contribution in [3.63, 3.8) is 0 Å². The van der Waals surface area contributed by atoms with Crippen LogP contribution >= 0.6 is 11.8 Å². The highest BCUT2D eigenvalue weighted by Gasteiger charge is 2.34. The largest absolute Gasteiger partial charge is 0.309 e. The zero-order chi connectivity index (χ0) is 12.9. The lowest BCUT2D eigenvalue weighted by atomic mass is 9.91. The Bertz CT molecular complexity index is 220. The van der Waals surface area contributed by atoms with Gasteiger partial charge in [-0.3, -0.25) is 4.90 Å². The van der Waals surface area contributed by atoms with Gasteiger partial charge in [0.2, 0.25) is 0 Å². The van der Waals surface area contributed by atoms with Crippen molar-refractivity contribution in [1.29, 1.82) is 0 Å². The molecule has 1 aliphatic heterocycles. The van der Waals surface area contributed by atoms with E-state index < -0.39 is 0 Å². The molecule has 0 aromatic carbocycles. The van der Waals surface area contributed by atoms with E-state index in [0.717, 1.165) is 18.5 Å². The maximum absolute atomic E-state index is 3.76. The molecular weight excluding hydrogens is 228 g/mol. The Balaban J connectivity index is 2.58. The molecule has 1 rings (SSSR count). The molecule has 1 fully saturated rings. The molecule has 1 aliphatic rings. The van der Waals surface area contributed by atoms with Crippen molar-refractivity contribution in [3.8, 4) is 0 Å². The van der Waals surface area contributed by atoms with Gasteiger partial charge in [0.15, 0.2) is 0 Å². The molecule has 0 saturated carbocycles. The summed E-state index contributed by atoms with van der Waals surface area (Å²) in [6.45, 7) is 12.9. The molecule has 0 amide bonds. The van der Waals surface area contributed by atoms with Crippen LogP contribution in [0.2, 0.25) is 0 Å². The Morgan fingerprint density at radius 2 is 2.18 bits per heavy atom. The van der Waals surface area contributed by atoms with Crippen LogP contribution in [0.25, 0.3) is 0 Å². The van der Waals surface area contributed by atoms with E-state index in [9.17, 15) is 0 Å². The summed E-state index contributed by atoms with van der Waals surface area (Å²) in [5.74, 6) is 2.05. The van der Waals surface area contributed by atoms with Crippen molar-refractivity contribution in [3.05, 3.63) is 0 Å². The number of thioether (sulfide) groups is 1. The maximum atomic E-state index is 3.76. The van der Waals surface area contributed by atoms with Crippen LogP contribution in [0.15, 0.2) is 0 Å². The fourth-order valence-corrected chi connectivity index (χ4v) is 3.03. The second-order valence-electron chi connectivity index (χ2n) is 6.04. The molecule has 1 heterocycles. The Morgan fingerprint density at radius 3 is 2.71 bits per heavy atom. The first kappa shape index (κ1) is 15.3. The summed E-state index contributed by atoms with van der Waals surface area (Å²) in [5.41, 5.74) is 0.325. The minimum absolute atomic E-state index is 0.325. The lowest BCUT2D eigenvalue weighted by Crippen LogP contribution is -2.63. The summed E-state index contributed by atoms with van der Waals surface area (Å²) in [5, 5.41) is 3.76. The van der Waals surface area contributed by atoms with Crippen LogP contribution in [0.4, 0.5) is 0 Å². The SMILES string of the molecule is CCC1(C)CN(CCSC)C(CC(C)C)CN1. The number of hydrogen-bond donors (Lipinski definition) is 1. The van der Waals surface area contributed by atoms with E-state index in [0.29, 0.717) is 5.54 Å². The molecule has 0 spiro atoms. The van der Waals surface area contributed by atoms with Gasteiger partial charge in [0.05, 0.1) is 0 Å². The summed E-state index contributed by atoms with van der Waals surface area (Å²) < 4.78 is 0. The van der Waals surface area contributed by atoms with Gasteiger partial charge in [0.25, 0.3) is 0 Å². The molecule has 0 bridgehead atoms. The van der Waals surface area contributed by atoms with Crippen LogP contribution in [0.5, 0.6) is 0 Å². The van der Waals surface area contributed by atoms with E-state index in [-0.39, 0.29) is 0 Å². The number of piperazine rings is 1. The first-order chi connectivity index (χ1) is 8.00. The van der Waals surface area contributed by atoms with Crippen LogP contribution in [-0.2, 0) is 0 Å². The summed E-state index contributed by atoms with van der Waals surface area (Å²) >= 11 is 1.96. The quantitative estimate of drug-likeness (QED) is 0.789. The third-order valence-corrected chi connectivity index (χ3v) is 4.53. The number of rotatable bonds is 6. The predicted molar refractivity (Wildman–Crippen MR) is 79.9 cm³/mol. The molecule has 2 nitrogen and oxygen atoms in total. The topological polar surface area (TPSA) is 15.3 Å². The van der Waals surface area contributed by atoms with Crippen LogP contribution in [-0.4, -0.2) is 48.1 Å². The van der Waals surface area contributed by atoms with Crippen LogP contribution in [0, 0.1) is 5.92 Å². The van der Waals surface area contributed by atoms with Crippen molar-refractivity contribution < 1.29 is 0 Å². The highest BCUT2D eigenvalue weighted by Crippen LogP contribution is 2.22. The normalized spacial score (nSPS) is 31.1. The molecule has 2 unspecified atom stereocenters. The second-order valence-corrected chi connectivity index (χ2v) is 7.03. The van der Waals surface area contributed by atoms with Gasteiger partial charge in [-0.05, 0) is 31.9 Å². The smallest absolute Gasteiger partial charge is 0.0278 e. The fraction of sp³-hybridized carbons (Fsp3) is 1.00. The Hall–Kier alpha value is 0.270. The number of hydrogen-bond acceptors (Lipinski definition) is 3. The average Bonchev–Trinajstić information content (AvgIpc) is 2.29. The Morgan fingerprint density at radius 1 is 1.47 bits per heavy atom. The van der Waals surface area contributed by atoms with E-state index in [1.54, 1.807) is 0 Å². The highest BCUT2D eigenvalue weighted by molar-refractivity contribution is 7.98. The average molecular weight is 258 g/mol. The van der Waals surface area contributed by atoms with Crippen molar-refractivity contribution in [2.24, 2.45) is 5.92 Å². The third kappa shape index (κ3) is 4.80. The summed E-state index contributed by atoms with van der Waals surface area (Å²) in [7, 11) is 0. The van der Waals surface area contributed by atoms with E-state index in [2.05, 4.69) is 44.2 Å². The van der Waals surface area contributed by atoms with Gasteiger partial charge in [-0.25, -0.2) is 0 Å². The molecule has 1 saturated heterocycles. The Kier molecular flexibility index (Phi) is 6.32. The van der Waals surface area contributed by atoms with Crippen LogP contribution in [0.1, 0.15) is 40.5 Å². The first-order valence-corrected chi connectivity index (χ1v) is 8.38.